The highest BCUT2D eigenvalue weighted by Crippen LogP contribution is 2.18. The van der Waals surface area contributed by atoms with E-state index < -0.39 is 10.0 Å². The Kier molecular flexibility index (Phi) is 2.79. The number of hydrogen-bond donors (Lipinski definition) is 4. The number of sulfonamides is 1. The number of anilines is 1. The van der Waals surface area contributed by atoms with Gasteiger partial charge in [-0.1, -0.05) is 0 Å². The summed E-state index contributed by atoms with van der Waals surface area (Å²) in [4.78, 5) is -0.0156. The Balaban J connectivity index is 2.41. The third-order valence-electron chi connectivity index (χ3n) is 2.24. The van der Waals surface area contributed by atoms with Crippen molar-refractivity contribution in [2.75, 3.05) is 4.72 Å². The normalized spacial score (nSPS) is 11.4. The first kappa shape index (κ1) is 12.1. The number of aromatic nitrogens is 4. The second-order valence-corrected chi connectivity index (χ2v) is 5.17. The number of aryl methyl sites for hydroxylation is 1. The largest absolute Gasteiger partial charge is 0.384 e. The number of hydrogen-bond acceptors (Lipinski definition) is 5. The zero-order chi connectivity index (χ0) is 13.3. The van der Waals surface area contributed by atoms with Crippen LogP contribution in [0.25, 0.3) is 0 Å². The highest BCUT2D eigenvalue weighted by atomic mass is 32.2. The molecule has 0 spiro atoms. The fraction of sp³-hybridized carbons (Fsp3) is 0.125. The van der Waals surface area contributed by atoms with Crippen molar-refractivity contribution in [3.8, 4) is 0 Å². The second kappa shape index (κ2) is 4.14. The molecule has 0 aliphatic heterocycles. The number of H-pyrrole nitrogens is 1. The van der Waals surface area contributed by atoms with Crippen molar-refractivity contribution in [3.05, 3.63) is 24.2 Å². The molecule has 2 aromatic rings. The zero-order valence-corrected chi connectivity index (χ0v) is 10.2. The third kappa shape index (κ3) is 2.05. The van der Waals surface area contributed by atoms with E-state index in [2.05, 4.69) is 20.0 Å². The molecule has 0 saturated heterocycles. The lowest BCUT2D eigenvalue weighted by molar-refractivity contribution is 0.600. The topological polar surface area (TPSA) is 143 Å². The summed E-state index contributed by atoms with van der Waals surface area (Å²) in [5.41, 5.74) is 5.55. The van der Waals surface area contributed by atoms with Gasteiger partial charge in [-0.15, -0.1) is 0 Å². The van der Waals surface area contributed by atoms with E-state index in [-0.39, 0.29) is 22.1 Å². The smallest absolute Gasteiger partial charge is 0.266 e. The highest BCUT2D eigenvalue weighted by molar-refractivity contribution is 7.92. The van der Waals surface area contributed by atoms with Gasteiger partial charge >= 0.3 is 0 Å². The monoisotopic (exact) mass is 269 g/mol. The molecule has 0 aromatic carbocycles. The molecule has 0 atom stereocenters. The van der Waals surface area contributed by atoms with E-state index >= 15 is 0 Å². The Labute approximate surface area is 103 Å². The molecule has 0 amide bonds. The molecule has 0 fully saturated rings. The molecule has 0 aliphatic rings. The van der Waals surface area contributed by atoms with E-state index in [0.29, 0.717) is 0 Å². The van der Waals surface area contributed by atoms with Crippen LogP contribution >= 0.6 is 0 Å². The van der Waals surface area contributed by atoms with Crippen molar-refractivity contribution in [1.29, 1.82) is 5.41 Å². The van der Waals surface area contributed by atoms with Gasteiger partial charge in [0.25, 0.3) is 10.0 Å². The van der Waals surface area contributed by atoms with Gasteiger partial charge < -0.3 is 5.73 Å². The average molecular weight is 269 g/mol. The zero-order valence-electron chi connectivity index (χ0n) is 9.38. The molecule has 0 aliphatic carbocycles. The standard InChI is InChI=1S/C8H11N7O2S/c1-15-8(6(4-13-15)7(9)10)14-18(16,17)5-2-11-12-3-5/h2-4,14H,1H3,(H3,9,10)(H,11,12). The van der Waals surface area contributed by atoms with Crippen molar-refractivity contribution < 1.29 is 8.42 Å². The minimum Gasteiger partial charge on any atom is -0.384 e. The maximum Gasteiger partial charge on any atom is 0.266 e. The lowest BCUT2D eigenvalue weighted by atomic mass is 10.3. The molecule has 2 aromatic heterocycles. The molecule has 5 N–H and O–H groups in total. The highest BCUT2D eigenvalue weighted by Gasteiger charge is 2.20. The van der Waals surface area contributed by atoms with Crippen LogP contribution in [-0.2, 0) is 17.1 Å². The third-order valence-corrected chi connectivity index (χ3v) is 3.55. The van der Waals surface area contributed by atoms with Crippen molar-refractivity contribution in [2.24, 2.45) is 12.8 Å². The van der Waals surface area contributed by atoms with E-state index in [1.807, 2.05) is 0 Å². The van der Waals surface area contributed by atoms with E-state index in [9.17, 15) is 8.42 Å². The van der Waals surface area contributed by atoms with Crippen molar-refractivity contribution in [1.82, 2.24) is 20.0 Å². The summed E-state index contributed by atoms with van der Waals surface area (Å²) >= 11 is 0. The van der Waals surface area contributed by atoms with Gasteiger partial charge in [0, 0.05) is 13.2 Å². The van der Waals surface area contributed by atoms with E-state index in [4.69, 9.17) is 11.1 Å². The number of rotatable bonds is 4. The van der Waals surface area contributed by atoms with Crippen molar-refractivity contribution in [2.45, 2.75) is 4.90 Å². The molecule has 0 radical (unpaired) electrons. The minimum absolute atomic E-state index is 0.0156. The summed E-state index contributed by atoms with van der Waals surface area (Å²) in [5.74, 6) is -0.142. The van der Waals surface area contributed by atoms with Gasteiger partial charge in [-0.05, 0) is 0 Å². The molecule has 0 unspecified atom stereocenters. The van der Waals surface area contributed by atoms with Crippen LogP contribution in [0.5, 0.6) is 0 Å². The quantitative estimate of drug-likeness (QED) is 0.425. The van der Waals surface area contributed by atoms with Gasteiger partial charge in [0.05, 0.1) is 18.0 Å². The van der Waals surface area contributed by atoms with Gasteiger partial charge in [-0.3, -0.25) is 19.9 Å². The van der Waals surface area contributed by atoms with Crippen molar-refractivity contribution in [3.63, 3.8) is 0 Å². The van der Waals surface area contributed by atoms with Crippen LogP contribution in [0.2, 0.25) is 0 Å². The first-order valence-electron chi connectivity index (χ1n) is 4.80. The van der Waals surface area contributed by atoms with Gasteiger partial charge in [0.15, 0.2) is 0 Å². The Bertz CT molecular complexity index is 670. The summed E-state index contributed by atoms with van der Waals surface area (Å²) in [5, 5.41) is 17.2. The fourth-order valence-corrected chi connectivity index (χ4v) is 2.34. The maximum absolute atomic E-state index is 12.0. The lowest BCUT2D eigenvalue weighted by Crippen LogP contribution is -2.19. The molecular formula is C8H11N7O2S. The predicted octanol–water partition coefficient (Wildman–Crippen LogP) is -0.772. The van der Waals surface area contributed by atoms with Gasteiger partial charge in [-0.2, -0.15) is 10.2 Å². The number of nitrogen functional groups attached to an aromatic ring is 1. The number of nitrogens with two attached hydrogens (primary N) is 1. The lowest BCUT2D eigenvalue weighted by Gasteiger charge is -2.08. The number of amidine groups is 1. The van der Waals surface area contributed by atoms with E-state index in [0.717, 1.165) is 0 Å². The molecule has 18 heavy (non-hydrogen) atoms. The number of aromatic amines is 1. The molecule has 96 valence electrons. The Hall–Kier alpha value is -2.36. The first-order valence-corrected chi connectivity index (χ1v) is 6.28. The van der Waals surface area contributed by atoms with Crippen LogP contribution in [0, 0.1) is 5.41 Å². The van der Waals surface area contributed by atoms with Crippen LogP contribution in [0.3, 0.4) is 0 Å². The minimum atomic E-state index is -3.78. The van der Waals surface area contributed by atoms with Crippen LogP contribution < -0.4 is 10.5 Å². The Morgan fingerprint density at radius 2 is 2.28 bits per heavy atom. The molecule has 9 nitrogen and oxygen atoms in total. The molecule has 10 heteroatoms. The molecule has 0 saturated carbocycles. The predicted molar refractivity (Wildman–Crippen MR) is 63.6 cm³/mol. The van der Waals surface area contributed by atoms with E-state index in [1.165, 1.54) is 23.3 Å². The van der Waals surface area contributed by atoms with Gasteiger partial charge in [-0.25, -0.2) is 8.42 Å². The fourth-order valence-electron chi connectivity index (χ4n) is 1.33. The molecule has 2 heterocycles. The summed E-state index contributed by atoms with van der Waals surface area (Å²) in [7, 11) is -2.23. The average Bonchev–Trinajstić information content (AvgIpc) is 2.89. The first-order chi connectivity index (χ1) is 8.42. The molecule has 2 rings (SSSR count). The Morgan fingerprint density at radius 3 is 2.83 bits per heavy atom. The van der Waals surface area contributed by atoms with Crippen LogP contribution in [0.15, 0.2) is 23.5 Å². The van der Waals surface area contributed by atoms with Gasteiger partial charge in [0.1, 0.15) is 16.5 Å². The number of nitrogens with one attached hydrogen (secondary N) is 3. The molecular weight excluding hydrogens is 258 g/mol. The summed E-state index contributed by atoms with van der Waals surface area (Å²) in [6, 6.07) is 0. The SMILES string of the molecule is Cn1ncc(C(=N)N)c1NS(=O)(=O)c1cn[nH]c1. The summed E-state index contributed by atoms with van der Waals surface area (Å²) in [6.45, 7) is 0. The van der Waals surface area contributed by atoms with Crippen LogP contribution in [0.4, 0.5) is 5.82 Å². The second-order valence-electron chi connectivity index (χ2n) is 3.48. The van der Waals surface area contributed by atoms with Crippen LogP contribution in [0.1, 0.15) is 5.56 Å². The summed E-state index contributed by atoms with van der Waals surface area (Å²) in [6.07, 6.45) is 3.73. The maximum atomic E-state index is 12.0. The van der Waals surface area contributed by atoms with Crippen LogP contribution in [-0.4, -0.2) is 34.2 Å². The number of nitrogens with zero attached hydrogens (tertiary/aromatic N) is 3. The van der Waals surface area contributed by atoms with Gasteiger partial charge in [0.2, 0.25) is 0 Å². The summed E-state index contributed by atoms with van der Waals surface area (Å²) < 4.78 is 27.5. The van der Waals surface area contributed by atoms with Crippen molar-refractivity contribution >= 4 is 21.7 Å². The molecule has 0 bridgehead atoms. The Morgan fingerprint density at radius 1 is 1.56 bits per heavy atom. The van der Waals surface area contributed by atoms with E-state index in [1.54, 1.807) is 7.05 Å².